The molecule has 0 saturated carbocycles. The SMILES string of the molecule is CC1(C)c2ccccc2-c2cc3c4cc(-c5cccc6oc7cccc(-c8cccc9c8c8ccc(-c%10ccc%11c(c%10)c%10cc(-c%12cccc%13oc%14cccc(-c%15cccc(-c%16ccc%17c(c%16)c%16c%18ccccc%18ccc%16n%17-c%16ccccc%16)c%15)c%14c%12%13)ccc%10n%11-c%10ccccc%10)cc8n9-c8ccccc8)c7c56)ccc4n(-c4ccccc4)c3cc21. The minimum Gasteiger partial charge on any atom is -0.456 e. The largest absolute Gasteiger partial charge is 0.456 e. The summed E-state index contributed by atoms with van der Waals surface area (Å²) in [4.78, 5) is 0. The first-order valence-corrected chi connectivity index (χ1v) is 41.8. The highest BCUT2D eigenvalue weighted by molar-refractivity contribution is 6.26. The van der Waals surface area contributed by atoms with Gasteiger partial charge < -0.3 is 27.1 Å². The van der Waals surface area contributed by atoms with E-state index in [2.05, 4.69) is 432 Å². The van der Waals surface area contributed by atoms with Crippen LogP contribution in [0.15, 0.2) is 409 Å². The maximum absolute atomic E-state index is 7.03. The first-order chi connectivity index (χ1) is 59.8. The zero-order valence-corrected chi connectivity index (χ0v) is 66.2. The molecule has 6 heterocycles. The van der Waals surface area contributed by atoms with Crippen molar-refractivity contribution in [1.82, 2.24) is 18.3 Å². The lowest BCUT2D eigenvalue weighted by Crippen LogP contribution is -2.14. The fourth-order valence-electron chi connectivity index (χ4n) is 21.2. The topological polar surface area (TPSA) is 46.0 Å². The monoisotopic (exact) mass is 1540 g/mol. The Morgan fingerprint density at radius 2 is 0.545 bits per heavy atom. The Morgan fingerprint density at radius 3 is 1.12 bits per heavy atom. The van der Waals surface area contributed by atoms with Gasteiger partial charge in [0.1, 0.15) is 22.3 Å². The summed E-state index contributed by atoms with van der Waals surface area (Å²) in [5.74, 6) is 0. The number of rotatable bonds is 10. The van der Waals surface area contributed by atoms with Crippen molar-refractivity contribution >= 4 is 142 Å². The van der Waals surface area contributed by atoms with Crippen LogP contribution in [0.3, 0.4) is 0 Å². The summed E-state index contributed by atoms with van der Waals surface area (Å²) >= 11 is 0. The van der Waals surface area contributed by atoms with Crippen LogP contribution in [0.25, 0.3) is 243 Å². The smallest absolute Gasteiger partial charge is 0.136 e. The molecule has 25 aromatic rings. The molecule has 6 aromatic heterocycles. The van der Waals surface area contributed by atoms with E-state index in [0.717, 1.165) is 161 Å². The lowest BCUT2D eigenvalue weighted by molar-refractivity contribution is 0.661. The van der Waals surface area contributed by atoms with Gasteiger partial charge >= 0.3 is 0 Å². The van der Waals surface area contributed by atoms with Crippen molar-refractivity contribution < 1.29 is 8.83 Å². The highest BCUT2D eigenvalue weighted by atomic mass is 16.3. The molecule has 6 heteroatoms. The molecule has 0 fully saturated rings. The molecule has 26 rings (SSSR count). The molecule has 0 radical (unpaired) electrons. The van der Waals surface area contributed by atoms with Crippen LogP contribution < -0.4 is 0 Å². The minimum absolute atomic E-state index is 0.146. The van der Waals surface area contributed by atoms with Gasteiger partial charge in [0.25, 0.3) is 0 Å². The molecule has 0 bridgehead atoms. The molecule has 0 amide bonds. The second-order valence-corrected chi connectivity index (χ2v) is 33.3. The third-order valence-corrected chi connectivity index (χ3v) is 26.5. The normalized spacial score (nSPS) is 12.8. The molecule has 0 aliphatic heterocycles. The number of para-hydroxylation sites is 4. The van der Waals surface area contributed by atoms with Gasteiger partial charge in [-0.2, -0.15) is 0 Å². The summed E-state index contributed by atoms with van der Waals surface area (Å²) in [7, 11) is 0. The number of benzene rings is 19. The van der Waals surface area contributed by atoms with Gasteiger partial charge in [0.05, 0.1) is 44.1 Å². The van der Waals surface area contributed by atoms with Crippen LogP contribution in [0.5, 0.6) is 0 Å². The van der Waals surface area contributed by atoms with Crippen molar-refractivity contribution in [1.29, 1.82) is 0 Å². The molecule has 564 valence electrons. The Balaban J connectivity index is 0.611. The Kier molecular flexibility index (Phi) is 14.3. The lowest BCUT2D eigenvalue weighted by atomic mass is 9.82. The van der Waals surface area contributed by atoms with Crippen LogP contribution in [0, 0.1) is 0 Å². The molecule has 6 nitrogen and oxygen atoms in total. The van der Waals surface area contributed by atoms with Gasteiger partial charge in [0, 0.05) is 92.8 Å². The summed E-state index contributed by atoms with van der Waals surface area (Å²) in [6.45, 7) is 4.75. The van der Waals surface area contributed by atoms with Gasteiger partial charge in [0.15, 0.2) is 0 Å². The van der Waals surface area contributed by atoms with Crippen molar-refractivity contribution in [2.45, 2.75) is 19.3 Å². The van der Waals surface area contributed by atoms with E-state index >= 15 is 0 Å². The minimum atomic E-state index is -0.146. The van der Waals surface area contributed by atoms with Crippen LogP contribution in [0.4, 0.5) is 0 Å². The third kappa shape index (κ3) is 9.87. The Bertz CT molecular complexity index is 8730. The molecule has 0 saturated heterocycles. The summed E-state index contributed by atoms with van der Waals surface area (Å²) in [6.07, 6.45) is 0. The molecule has 0 N–H and O–H groups in total. The second-order valence-electron chi connectivity index (χ2n) is 33.3. The van der Waals surface area contributed by atoms with E-state index in [1.807, 2.05) is 0 Å². The molecule has 19 aromatic carbocycles. The van der Waals surface area contributed by atoms with E-state index in [4.69, 9.17) is 8.83 Å². The lowest BCUT2D eigenvalue weighted by Gasteiger charge is -2.21. The number of nitrogens with zero attached hydrogens (tertiary/aromatic N) is 4. The van der Waals surface area contributed by atoms with Gasteiger partial charge in [-0.05, 0) is 258 Å². The first kappa shape index (κ1) is 67.4. The third-order valence-electron chi connectivity index (χ3n) is 26.5. The van der Waals surface area contributed by atoms with Crippen LogP contribution in [-0.4, -0.2) is 18.3 Å². The highest BCUT2D eigenvalue weighted by Crippen LogP contribution is 2.54. The molecular formula is C115H72N4O2. The van der Waals surface area contributed by atoms with Gasteiger partial charge in [-0.25, -0.2) is 0 Å². The molecule has 1 aliphatic rings. The quantitative estimate of drug-likeness (QED) is 0.137. The summed E-state index contributed by atoms with van der Waals surface area (Å²) in [5, 5.41) is 16.5. The van der Waals surface area contributed by atoms with Gasteiger partial charge in [0.2, 0.25) is 0 Å². The molecule has 0 unspecified atom stereocenters. The van der Waals surface area contributed by atoms with Crippen LogP contribution in [0.1, 0.15) is 25.0 Å². The number of hydrogen-bond donors (Lipinski definition) is 0. The number of hydrogen-bond acceptors (Lipinski definition) is 2. The average molecular weight is 1540 g/mol. The number of aromatic nitrogens is 4. The van der Waals surface area contributed by atoms with E-state index in [1.165, 1.54) is 92.8 Å². The van der Waals surface area contributed by atoms with Crippen molar-refractivity contribution in [2.24, 2.45) is 0 Å². The van der Waals surface area contributed by atoms with Crippen LogP contribution in [0.2, 0.25) is 0 Å². The fourth-order valence-corrected chi connectivity index (χ4v) is 21.2. The standard InChI is InChI=1S/C115H72N4O2/c1-115(2)95-43-18-17-37-85(95)89-67-93-92-65-76(54-59-99(92)118(104(93)68-96(89)115)79-32-11-5-12-33-79)84-40-23-47-107-113(84)114-87(42-24-48-108(114)121-107)86-41-20-44-101-110(86)88-55-49-73(66-103(88)119(101)80-34-13-6-14-35-80)71-51-56-97-90(62-71)91-64-75(53-58-98(91)116(97)77-28-7-3-8-29-77)83-39-22-46-106-112(83)111-82(38-21-45-105(111)120-106)74-27-19-26-70(61-74)72-52-57-100-94(63-72)109-81-36-16-15-25-69(81)50-60-102(109)117(100)78-30-9-4-10-31-78/h3-68H,1-2H3. The Morgan fingerprint density at radius 1 is 0.182 bits per heavy atom. The van der Waals surface area contributed by atoms with Crippen molar-refractivity contribution in [3.8, 4) is 101 Å². The Hall–Kier alpha value is -15.8. The summed E-state index contributed by atoms with van der Waals surface area (Å²) in [5.41, 5.74) is 35.9. The van der Waals surface area contributed by atoms with Crippen molar-refractivity contribution in [3.63, 3.8) is 0 Å². The maximum Gasteiger partial charge on any atom is 0.136 e. The van der Waals surface area contributed by atoms with Crippen molar-refractivity contribution in [2.75, 3.05) is 0 Å². The highest BCUT2D eigenvalue weighted by Gasteiger charge is 2.37. The molecule has 0 spiro atoms. The predicted octanol–water partition coefficient (Wildman–Crippen LogP) is 31.3. The zero-order chi connectivity index (χ0) is 79.5. The number of fused-ring (bicyclic) bond motifs is 23. The predicted molar refractivity (Wildman–Crippen MR) is 506 cm³/mol. The van der Waals surface area contributed by atoms with E-state index in [0.29, 0.717) is 0 Å². The summed E-state index contributed by atoms with van der Waals surface area (Å²) < 4.78 is 23.7. The van der Waals surface area contributed by atoms with E-state index < -0.39 is 0 Å². The van der Waals surface area contributed by atoms with Crippen LogP contribution in [-0.2, 0) is 5.41 Å². The van der Waals surface area contributed by atoms with Crippen molar-refractivity contribution in [3.05, 3.63) is 412 Å². The van der Waals surface area contributed by atoms with Crippen LogP contribution >= 0.6 is 0 Å². The maximum atomic E-state index is 7.03. The van der Waals surface area contributed by atoms with E-state index in [-0.39, 0.29) is 5.41 Å². The van der Waals surface area contributed by atoms with Gasteiger partial charge in [-0.1, -0.05) is 257 Å². The fraction of sp³-hybridized carbons (Fsp3) is 0.0261. The number of furan rings is 2. The van der Waals surface area contributed by atoms with Gasteiger partial charge in [-0.3, -0.25) is 0 Å². The van der Waals surface area contributed by atoms with E-state index in [1.54, 1.807) is 0 Å². The Labute approximate surface area is 695 Å². The molecular weight excluding hydrogens is 1470 g/mol. The first-order valence-electron chi connectivity index (χ1n) is 41.8. The van der Waals surface area contributed by atoms with Gasteiger partial charge in [-0.15, -0.1) is 0 Å². The molecule has 1 aliphatic carbocycles. The average Bonchev–Trinajstić information content (AvgIpc) is 1.56. The molecule has 121 heavy (non-hydrogen) atoms. The summed E-state index contributed by atoms with van der Waals surface area (Å²) in [6, 6.07) is 148. The molecule has 0 atom stereocenters. The second kappa shape index (κ2) is 25.6. The van der Waals surface area contributed by atoms with E-state index in [9.17, 15) is 0 Å². The zero-order valence-electron chi connectivity index (χ0n) is 66.2.